The Morgan fingerprint density at radius 3 is 2.58 bits per heavy atom. The number of nitrogens with one attached hydrogen (secondary N) is 1. The molecule has 106 valence electrons. The number of alkyl carbamates (subject to hydrolysis) is 1. The van der Waals surface area contributed by atoms with Crippen molar-refractivity contribution in [3.63, 3.8) is 0 Å². The van der Waals surface area contributed by atoms with Crippen molar-refractivity contribution in [3.05, 3.63) is 11.1 Å². The molecule has 1 unspecified atom stereocenters. The summed E-state index contributed by atoms with van der Waals surface area (Å²) >= 11 is 1.35. The maximum Gasteiger partial charge on any atom is 0.408 e. The van der Waals surface area contributed by atoms with Gasteiger partial charge in [-0.1, -0.05) is 11.3 Å². The second-order valence-corrected chi connectivity index (χ2v) is 6.24. The predicted molar refractivity (Wildman–Crippen MR) is 74.6 cm³/mol. The van der Waals surface area contributed by atoms with Crippen molar-refractivity contribution < 1.29 is 14.3 Å². The highest BCUT2D eigenvalue weighted by Crippen LogP contribution is 2.25. The first-order valence-corrected chi connectivity index (χ1v) is 6.62. The number of aldehydes is 1. The number of anilines is 1. The lowest BCUT2D eigenvalue weighted by Gasteiger charge is -2.21. The molecular formula is C12H19N3O3S. The van der Waals surface area contributed by atoms with E-state index in [-0.39, 0.29) is 0 Å². The number of rotatable bonds is 4. The maximum atomic E-state index is 11.6. The van der Waals surface area contributed by atoms with Gasteiger partial charge in [0, 0.05) is 20.3 Å². The van der Waals surface area contributed by atoms with Crippen LogP contribution in [0, 0.1) is 0 Å². The maximum absolute atomic E-state index is 11.6. The molecule has 1 aromatic rings. The highest BCUT2D eigenvalue weighted by Gasteiger charge is 2.21. The first kappa shape index (κ1) is 15.4. The Bertz CT molecular complexity index is 451. The molecule has 6 nitrogen and oxygen atoms in total. The van der Waals surface area contributed by atoms with E-state index in [1.165, 1.54) is 11.3 Å². The van der Waals surface area contributed by atoms with E-state index >= 15 is 0 Å². The van der Waals surface area contributed by atoms with Crippen molar-refractivity contribution in [1.82, 2.24) is 10.3 Å². The van der Waals surface area contributed by atoms with Crippen molar-refractivity contribution in [2.45, 2.75) is 32.4 Å². The zero-order chi connectivity index (χ0) is 14.6. The van der Waals surface area contributed by atoms with E-state index in [0.717, 1.165) is 5.13 Å². The minimum absolute atomic E-state index is 0.597. The van der Waals surface area contributed by atoms with Gasteiger partial charge in [-0.2, -0.15) is 0 Å². The molecule has 0 fully saturated rings. The summed E-state index contributed by atoms with van der Waals surface area (Å²) in [6.07, 6.45) is 1.62. The molecular weight excluding hydrogens is 266 g/mol. The van der Waals surface area contributed by atoms with Crippen LogP contribution in [0.4, 0.5) is 9.93 Å². The fraction of sp³-hybridized carbons (Fsp3) is 0.583. The molecule has 7 heteroatoms. The standard InChI is InChI=1S/C12H19N3O3S/c1-12(2,3)18-11(17)14-8(7-16)9-6-13-10(19-9)15(4)5/h6-8H,1-5H3,(H,14,17). The monoisotopic (exact) mass is 285 g/mol. The van der Waals surface area contributed by atoms with Crippen LogP contribution >= 0.6 is 11.3 Å². The van der Waals surface area contributed by atoms with Gasteiger partial charge >= 0.3 is 6.09 Å². The second-order valence-electron chi connectivity index (χ2n) is 5.20. The minimum atomic E-state index is -0.735. The number of carbonyl (C=O) groups excluding carboxylic acids is 2. The number of carbonyl (C=O) groups is 2. The summed E-state index contributed by atoms with van der Waals surface area (Å²) in [5.41, 5.74) is -0.597. The lowest BCUT2D eigenvalue weighted by atomic mass is 10.2. The van der Waals surface area contributed by atoms with E-state index in [0.29, 0.717) is 11.2 Å². The summed E-state index contributed by atoms with van der Waals surface area (Å²) in [5.74, 6) is 0. The number of thiazole rings is 1. The van der Waals surface area contributed by atoms with E-state index in [1.54, 1.807) is 27.0 Å². The fourth-order valence-corrected chi connectivity index (χ4v) is 2.08. The summed E-state index contributed by atoms with van der Waals surface area (Å²) in [5, 5.41) is 3.29. The largest absolute Gasteiger partial charge is 0.444 e. The molecule has 1 amide bonds. The van der Waals surface area contributed by atoms with Crippen LogP contribution in [0.25, 0.3) is 0 Å². The molecule has 0 spiro atoms. The summed E-state index contributed by atoms with van der Waals surface area (Å²) in [4.78, 5) is 29.4. The van der Waals surface area contributed by atoms with Gasteiger partial charge in [-0.25, -0.2) is 9.78 Å². The van der Waals surface area contributed by atoms with Crippen LogP contribution in [-0.2, 0) is 9.53 Å². The molecule has 0 aliphatic heterocycles. The number of aromatic nitrogens is 1. The summed E-state index contributed by atoms with van der Waals surface area (Å²) in [6.45, 7) is 5.29. The first-order chi connectivity index (χ1) is 8.73. The van der Waals surface area contributed by atoms with Gasteiger partial charge in [0.25, 0.3) is 0 Å². The lowest BCUT2D eigenvalue weighted by Crippen LogP contribution is -2.35. The quantitative estimate of drug-likeness (QED) is 0.856. The van der Waals surface area contributed by atoms with Crippen LogP contribution in [-0.4, -0.2) is 37.1 Å². The summed E-state index contributed by atoms with van der Waals surface area (Å²) in [7, 11) is 3.72. The lowest BCUT2D eigenvalue weighted by molar-refractivity contribution is -0.109. The van der Waals surface area contributed by atoms with Crippen molar-refractivity contribution in [1.29, 1.82) is 0 Å². The molecule has 1 N–H and O–H groups in total. The molecule has 0 aliphatic rings. The normalized spacial score (nSPS) is 12.7. The molecule has 0 aromatic carbocycles. The SMILES string of the molecule is CN(C)c1ncc(C(C=O)NC(=O)OC(C)(C)C)s1. The van der Waals surface area contributed by atoms with E-state index in [9.17, 15) is 9.59 Å². The van der Waals surface area contributed by atoms with Gasteiger partial charge in [0.15, 0.2) is 5.13 Å². The molecule has 0 bridgehead atoms. The van der Waals surface area contributed by atoms with Crippen LogP contribution in [0.3, 0.4) is 0 Å². The highest BCUT2D eigenvalue weighted by molar-refractivity contribution is 7.15. The number of hydrogen-bond donors (Lipinski definition) is 1. The van der Waals surface area contributed by atoms with Crippen LogP contribution in [0.5, 0.6) is 0 Å². The van der Waals surface area contributed by atoms with Gasteiger partial charge in [0.05, 0.1) is 4.88 Å². The Labute approximate surface area is 116 Å². The minimum Gasteiger partial charge on any atom is -0.444 e. The highest BCUT2D eigenvalue weighted by atomic mass is 32.1. The van der Waals surface area contributed by atoms with Gasteiger partial charge < -0.3 is 19.7 Å². The van der Waals surface area contributed by atoms with Crippen molar-refractivity contribution >= 4 is 28.8 Å². The third-order valence-corrected chi connectivity index (χ3v) is 3.26. The zero-order valence-corrected chi connectivity index (χ0v) is 12.6. The Morgan fingerprint density at radius 1 is 1.53 bits per heavy atom. The second kappa shape index (κ2) is 6.01. The van der Waals surface area contributed by atoms with Crippen LogP contribution < -0.4 is 10.2 Å². The first-order valence-electron chi connectivity index (χ1n) is 5.81. The molecule has 0 saturated carbocycles. The molecule has 1 aromatic heterocycles. The molecule has 19 heavy (non-hydrogen) atoms. The fourth-order valence-electron chi connectivity index (χ4n) is 1.23. The van der Waals surface area contributed by atoms with E-state index in [1.807, 2.05) is 19.0 Å². The third-order valence-electron chi connectivity index (χ3n) is 2.01. The molecule has 1 atom stereocenters. The smallest absolute Gasteiger partial charge is 0.408 e. The van der Waals surface area contributed by atoms with Crippen LogP contribution in [0.15, 0.2) is 6.20 Å². The zero-order valence-electron chi connectivity index (χ0n) is 11.8. The molecule has 0 saturated heterocycles. The Hall–Kier alpha value is -1.63. The van der Waals surface area contributed by atoms with Gasteiger partial charge in [0.1, 0.15) is 17.9 Å². The number of hydrogen-bond acceptors (Lipinski definition) is 6. The van der Waals surface area contributed by atoms with Crippen molar-refractivity contribution in [2.24, 2.45) is 0 Å². The van der Waals surface area contributed by atoms with Crippen LogP contribution in [0.1, 0.15) is 31.7 Å². The van der Waals surface area contributed by atoms with Gasteiger partial charge in [0.2, 0.25) is 0 Å². The van der Waals surface area contributed by atoms with Gasteiger partial charge in [-0.15, -0.1) is 0 Å². The van der Waals surface area contributed by atoms with E-state index in [4.69, 9.17) is 4.74 Å². The number of ether oxygens (including phenoxy) is 1. The Morgan fingerprint density at radius 2 is 2.16 bits per heavy atom. The molecule has 0 aliphatic carbocycles. The molecule has 0 radical (unpaired) electrons. The average molecular weight is 285 g/mol. The van der Waals surface area contributed by atoms with E-state index < -0.39 is 17.7 Å². The number of nitrogens with zero attached hydrogens (tertiary/aromatic N) is 2. The van der Waals surface area contributed by atoms with Gasteiger partial charge in [-0.3, -0.25) is 0 Å². The third kappa shape index (κ3) is 4.86. The Kier molecular flexibility index (Phi) is 4.88. The average Bonchev–Trinajstić information content (AvgIpc) is 2.72. The topological polar surface area (TPSA) is 71.5 Å². The van der Waals surface area contributed by atoms with Crippen molar-refractivity contribution in [2.75, 3.05) is 19.0 Å². The number of amides is 1. The summed E-state index contributed by atoms with van der Waals surface area (Å²) in [6, 6.07) is -0.735. The van der Waals surface area contributed by atoms with Crippen molar-refractivity contribution in [3.8, 4) is 0 Å². The predicted octanol–water partition coefficient (Wildman–Crippen LogP) is 1.97. The molecule has 1 heterocycles. The van der Waals surface area contributed by atoms with E-state index in [2.05, 4.69) is 10.3 Å². The van der Waals surface area contributed by atoms with Gasteiger partial charge in [-0.05, 0) is 20.8 Å². The Balaban J connectivity index is 2.72. The molecule has 1 rings (SSSR count). The summed E-state index contributed by atoms with van der Waals surface area (Å²) < 4.78 is 5.11. The van der Waals surface area contributed by atoms with Crippen LogP contribution in [0.2, 0.25) is 0 Å².